The van der Waals surface area contributed by atoms with Crippen molar-refractivity contribution in [3.63, 3.8) is 0 Å². The lowest BCUT2D eigenvalue weighted by atomic mass is 10.0. The molecule has 3 aliphatic rings. The average Bonchev–Trinajstić information content (AvgIpc) is 2.71. The Bertz CT molecular complexity index is 334. The molecule has 0 radical (unpaired) electrons. The molecule has 0 aromatic heterocycles. The number of sulfonamides is 1. The van der Waals surface area contributed by atoms with Gasteiger partial charge >= 0.3 is 0 Å². The molecule has 0 amide bonds. The van der Waals surface area contributed by atoms with Crippen LogP contribution in [0.3, 0.4) is 0 Å². The predicted molar refractivity (Wildman–Crippen MR) is 59.1 cm³/mol. The maximum atomic E-state index is 12.3. The first kappa shape index (κ1) is 10.1. The molecule has 86 valence electrons. The van der Waals surface area contributed by atoms with Crippen LogP contribution in [0.15, 0.2) is 0 Å². The Morgan fingerprint density at radius 1 is 0.800 bits per heavy atom. The van der Waals surface area contributed by atoms with Crippen LogP contribution < -0.4 is 0 Å². The molecule has 0 unspecified atom stereocenters. The van der Waals surface area contributed by atoms with Gasteiger partial charge in [-0.2, -0.15) is 4.31 Å². The summed E-state index contributed by atoms with van der Waals surface area (Å²) in [6.45, 7) is 0. The molecule has 1 saturated heterocycles. The lowest BCUT2D eigenvalue weighted by Crippen LogP contribution is -2.27. The first-order valence-electron chi connectivity index (χ1n) is 6.23. The van der Waals surface area contributed by atoms with Gasteiger partial charge in [0.1, 0.15) is 0 Å². The van der Waals surface area contributed by atoms with Crippen molar-refractivity contribution in [3.8, 4) is 0 Å². The topological polar surface area (TPSA) is 37.1 Å². The van der Waals surface area contributed by atoms with Gasteiger partial charge < -0.3 is 0 Å². The Balaban J connectivity index is 1.76. The van der Waals surface area contributed by atoms with E-state index in [1.807, 2.05) is 4.31 Å². The van der Waals surface area contributed by atoms with Crippen LogP contribution in [0.25, 0.3) is 0 Å². The lowest BCUT2D eigenvalue weighted by molar-refractivity contribution is 0.528. The third-order valence-corrected chi connectivity index (χ3v) is 6.72. The number of nitrogens with zero attached hydrogens (tertiary/aromatic N) is 1. The molecule has 0 aromatic rings. The molecule has 0 bridgehead atoms. The number of rotatable bonds is 2. The monoisotopic (exact) mass is 229 g/mol. The van der Waals surface area contributed by atoms with E-state index in [0.717, 1.165) is 38.5 Å². The Kier molecular flexibility index (Phi) is 2.32. The summed E-state index contributed by atoms with van der Waals surface area (Å²) in [6.07, 6.45) is 8.67. The minimum Gasteiger partial charge on any atom is -0.212 e. The zero-order valence-corrected chi connectivity index (χ0v) is 9.88. The smallest absolute Gasteiger partial charge is 0.212 e. The molecule has 1 aliphatic heterocycles. The van der Waals surface area contributed by atoms with E-state index in [4.69, 9.17) is 0 Å². The van der Waals surface area contributed by atoms with Gasteiger partial charge in [0.2, 0.25) is 10.0 Å². The summed E-state index contributed by atoms with van der Waals surface area (Å²) >= 11 is 0. The summed E-state index contributed by atoms with van der Waals surface area (Å²) in [5, 5.41) is -0.0388. The molecular weight excluding hydrogens is 210 g/mol. The second-order valence-corrected chi connectivity index (χ2v) is 7.32. The summed E-state index contributed by atoms with van der Waals surface area (Å²) in [6, 6.07) is 0.786. The second-order valence-electron chi connectivity index (χ2n) is 5.20. The SMILES string of the molecule is O=S(=O)(C1CCCC1)N1[C@@H]2CCCC[C@H]21. The molecule has 4 heteroatoms. The van der Waals surface area contributed by atoms with E-state index in [0.29, 0.717) is 12.1 Å². The van der Waals surface area contributed by atoms with Crippen molar-refractivity contribution in [2.45, 2.75) is 68.7 Å². The Hall–Kier alpha value is -0.0900. The fourth-order valence-electron chi connectivity index (χ4n) is 3.39. The third kappa shape index (κ3) is 1.53. The summed E-state index contributed by atoms with van der Waals surface area (Å²) in [5.41, 5.74) is 0. The van der Waals surface area contributed by atoms with Crippen molar-refractivity contribution in [2.75, 3.05) is 0 Å². The normalized spacial score (nSPS) is 41.5. The largest absolute Gasteiger partial charge is 0.217 e. The molecule has 2 saturated carbocycles. The van der Waals surface area contributed by atoms with E-state index in [2.05, 4.69) is 0 Å². The fourth-order valence-corrected chi connectivity index (χ4v) is 5.86. The molecule has 3 fully saturated rings. The van der Waals surface area contributed by atoms with E-state index >= 15 is 0 Å². The Morgan fingerprint density at radius 2 is 1.27 bits per heavy atom. The highest BCUT2D eigenvalue weighted by molar-refractivity contribution is 7.90. The average molecular weight is 229 g/mol. The predicted octanol–water partition coefficient (Wildman–Crippen LogP) is 1.89. The van der Waals surface area contributed by atoms with Gasteiger partial charge in [-0.15, -0.1) is 0 Å². The molecular formula is C11H19NO2S. The fraction of sp³-hybridized carbons (Fsp3) is 1.00. The molecule has 0 aromatic carbocycles. The van der Waals surface area contributed by atoms with Gasteiger partial charge in [0.25, 0.3) is 0 Å². The minimum absolute atomic E-state index is 0.0388. The number of fused-ring (bicyclic) bond motifs is 1. The van der Waals surface area contributed by atoms with Crippen LogP contribution in [0.1, 0.15) is 51.4 Å². The Morgan fingerprint density at radius 3 is 1.80 bits per heavy atom. The minimum atomic E-state index is -2.91. The summed E-state index contributed by atoms with van der Waals surface area (Å²) in [5.74, 6) is 0. The van der Waals surface area contributed by atoms with Crippen molar-refractivity contribution in [1.82, 2.24) is 4.31 Å². The highest BCUT2D eigenvalue weighted by atomic mass is 32.2. The molecule has 0 spiro atoms. The van der Waals surface area contributed by atoms with Crippen molar-refractivity contribution >= 4 is 10.0 Å². The van der Waals surface area contributed by atoms with Gasteiger partial charge in [-0.25, -0.2) is 8.42 Å². The Labute approximate surface area is 91.9 Å². The summed E-state index contributed by atoms with van der Waals surface area (Å²) in [7, 11) is -2.91. The summed E-state index contributed by atoms with van der Waals surface area (Å²) < 4.78 is 26.4. The molecule has 0 N–H and O–H groups in total. The van der Waals surface area contributed by atoms with Crippen molar-refractivity contribution in [1.29, 1.82) is 0 Å². The highest BCUT2D eigenvalue weighted by Gasteiger charge is 2.57. The van der Waals surface area contributed by atoms with E-state index in [1.54, 1.807) is 0 Å². The molecule has 15 heavy (non-hydrogen) atoms. The summed E-state index contributed by atoms with van der Waals surface area (Å²) in [4.78, 5) is 0. The number of hydrogen-bond acceptors (Lipinski definition) is 2. The third-order valence-electron chi connectivity index (χ3n) is 4.28. The maximum absolute atomic E-state index is 12.3. The van der Waals surface area contributed by atoms with Gasteiger partial charge in [-0.05, 0) is 25.7 Å². The van der Waals surface area contributed by atoms with Crippen molar-refractivity contribution < 1.29 is 8.42 Å². The maximum Gasteiger partial charge on any atom is 0.217 e. The second kappa shape index (κ2) is 3.45. The van der Waals surface area contributed by atoms with Crippen LogP contribution in [0.4, 0.5) is 0 Å². The van der Waals surface area contributed by atoms with Gasteiger partial charge in [0.05, 0.1) is 5.25 Å². The molecule has 3 rings (SSSR count). The van der Waals surface area contributed by atoms with Crippen LogP contribution >= 0.6 is 0 Å². The van der Waals surface area contributed by atoms with E-state index in [-0.39, 0.29) is 5.25 Å². The number of hydrogen-bond donors (Lipinski definition) is 0. The van der Waals surface area contributed by atoms with E-state index in [9.17, 15) is 8.42 Å². The molecule has 3 nitrogen and oxygen atoms in total. The van der Waals surface area contributed by atoms with Crippen molar-refractivity contribution in [2.24, 2.45) is 0 Å². The van der Waals surface area contributed by atoms with Crippen LogP contribution in [0.5, 0.6) is 0 Å². The lowest BCUT2D eigenvalue weighted by Gasteiger charge is -2.12. The van der Waals surface area contributed by atoms with Crippen LogP contribution in [-0.2, 0) is 10.0 Å². The van der Waals surface area contributed by atoms with Gasteiger partial charge in [-0.3, -0.25) is 0 Å². The first-order valence-corrected chi connectivity index (χ1v) is 7.74. The van der Waals surface area contributed by atoms with Crippen molar-refractivity contribution in [3.05, 3.63) is 0 Å². The van der Waals surface area contributed by atoms with E-state index < -0.39 is 10.0 Å². The molecule has 2 aliphatic carbocycles. The standard InChI is InChI=1S/C11H19NO2S/c13-15(14,9-5-1-2-6-9)12-10-7-3-4-8-11(10)12/h9-11H,1-8H2/t10-,11-/m1/s1. The van der Waals surface area contributed by atoms with Gasteiger partial charge in [0.15, 0.2) is 0 Å². The zero-order valence-electron chi connectivity index (χ0n) is 9.06. The highest BCUT2D eigenvalue weighted by Crippen LogP contribution is 2.45. The van der Waals surface area contributed by atoms with Crippen LogP contribution in [0, 0.1) is 0 Å². The zero-order chi connectivity index (χ0) is 10.5. The first-order chi connectivity index (χ1) is 7.21. The van der Waals surface area contributed by atoms with Gasteiger partial charge in [0, 0.05) is 12.1 Å². The van der Waals surface area contributed by atoms with Gasteiger partial charge in [-0.1, -0.05) is 25.7 Å². The van der Waals surface area contributed by atoms with Crippen LogP contribution in [-0.4, -0.2) is 30.1 Å². The van der Waals surface area contributed by atoms with E-state index in [1.165, 1.54) is 12.8 Å². The molecule has 1 heterocycles. The van der Waals surface area contributed by atoms with Crippen LogP contribution in [0.2, 0.25) is 0 Å². The quantitative estimate of drug-likeness (QED) is 0.678. The molecule has 2 atom stereocenters.